The van der Waals surface area contributed by atoms with Crippen molar-refractivity contribution in [3.63, 3.8) is 0 Å². The van der Waals surface area contributed by atoms with E-state index in [-0.39, 0.29) is 5.82 Å². The molecule has 5 rings (SSSR count). The standard InChI is InChI=1S/C27H22FN2S2/c1-29-22-7-3-5-9-24(22)31-26(29)17-13-20(19-11-15-21(28)16-12-19)14-18-27-30(2)23-8-4-6-10-25(23)32-27/h3-18H,1-2H3/q+1. The van der Waals surface area contributed by atoms with Crippen molar-refractivity contribution in [1.29, 1.82) is 0 Å². The van der Waals surface area contributed by atoms with Gasteiger partial charge in [0.05, 0.1) is 10.7 Å². The Balaban J connectivity index is 1.52. The fourth-order valence-corrected chi connectivity index (χ4v) is 5.85. The maximum absolute atomic E-state index is 13.5. The van der Waals surface area contributed by atoms with E-state index < -0.39 is 0 Å². The van der Waals surface area contributed by atoms with Crippen LogP contribution < -0.4 is 9.47 Å². The molecule has 0 spiro atoms. The molecule has 0 radical (unpaired) electrons. The van der Waals surface area contributed by atoms with Crippen LogP contribution in [0.15, 0.2) is 101 Å². The van der Waals surface area contributed by atoms with Gasteiger partial charge in [0.2, 0.25) is 5.52 Å². The predicted molar refractivity (Wildman–Crippen MR) is 135 cm³/mol. The van der Waals surface area contributed by atoms with Crippen molar-refractivity contribution in [2.75, 3.05) is 11.9 Å². The summed E-state index contributed by atoms with van der Waals surface area (Å²) < 4.78 is 17.0. The number of aryl methyl sites for hydroxylation is 1. The smallest absolute Gasteiger partial charge is 0.262 e. The summed E-state index contributed by atoms with van der Waals surface area (Å²) >= 11 is 3.52. The van der Waals surface area contributed by atoms with Crippen LogP contribution in [0, 0.1) is 5.82 Å². The number of nitrogens with zero attached hydrogens (tertiary/aromatic N) is 2. The number of fused-ring (bicyclic) bond motifs is 2. The molecule has 32 heavy (non-hydrogen) atoms. The van der Waals surface area contributed by atoms with E-state index in [1.807, 2.05) is 12.1 Å². The van der Waals surface area contributed by atoms with Crippen LogP contribution in [0.4, 0.5) is 10.1 Å². The minimum atomic E-state index is -0.229. The summed E-state index contributed by atoms with van der Waals surface area (Å²) in [7, 11) is 4.17. The Bertz CT molecular complexity index is 1380. The normalized spacial score (nSPS) is 15.3. The van der Waals surface area contributed by atoms with E-state index >= 15 is 0 Å². The summed E-state index contributed by atoms with van der Waals surface area (Å²) in [6, 6.07) is 23.5. The van der Waals surface area contributed by atoms with Gasteiger partial charge in [-0.3, -0.25) is 0 Å². The third-order valence-electron chi connectivity index (χ3n) is 5.53. The van der Waals surface area contributed by atoms with E-state index in [1.54, 1.807) is 23.1 Å². The Hall–Kier alpha value is -3.15. The molecule has 158 valence electrons. The highest BCUT2D eigenvalue weighted by Crippen LogP contribution is 2.44. The van der Waals surface area contributed by atoms with Crippen LogP contribution in [0.25, 0.3) is 21.9 Å². The molecule has 2 heterocycles. The van der Waals surface area contributed by atoms with E-state index in [1.165, 1.54) is 32.9 Å². The van der Waals surface area contributed by atoms with Crippen LogP contribution in [-0.2, 0) is 7.05 Å². The number of anilines is 1. The molecule has 0 N–H and O–H groups in total. The molecule has 0 unspecified atom stereocenters. The lowest BCUT2D eigenvalue weighted by molar-refractivity contribution is -0.642. The molecule has 0 amide bonds. The Morgan fingerprint density at radius 2 is 1.72 bits per heavy atom. The molecule has 3 aromatic carbocycles. The zero-order chi connectivity index (χ0) is 22.1. The van der Waals surface area contributed by atoms with E-state index in [4.69, 9.17) is 0 Å². The number of hydrogen-bond donors (Lipinski definition) is 0. The molecule has 1 aliphatic rings. The first-order valence-corrected chi connectivity index (χ1v) is 12.0. The Kier molecular flexibility index (Phi) is 5.68. The van der Waals surface area contributed by atoms with Crippen LogP contribution in [-0.4, -0.2) is 7.05 Å². The Morgan fingerprint density at radius 3 is 2.50 bits per heavy atom. The summed E-state index contributed by atoms with van der Waals surface area (Å²) in [6.07, 6.45) is 8.50. The summed E-state index contributed by atoms with van der Waals surface area (Å²) in [4.78, 5) is 3.46. The summed E-state index contributed by atoms with van der Waals surface area (Å²) in [5.74, 6) is -0.229. The number of thioether (sulfide) groups is 1. The van der Waals surface area contributed by atoms with Crippen molar-refractivity contribution in [2.24, 2.45) is 7.05 Å². The fraction of sp³-hybridized carbons (Fsp3) is 0.0741. The zero-order valence-electron chi connectivity index (χ0n) is 17.8. The van der Waals surface area contributed by atoms with Crippen LogP contribution in [0.2, 0.25) is 0 Å². The third-order valence-corrected chi connectivity index (χ3v) is 7.90. The maximum atomic E-state index is 13.5. The molecular formula is C27H22FN2S2+. The number of aromatic nitrogens is 1. The van der Waals surface area contributed by atoms with Crippen LogP contribution >= 0.6 is 23.1 Å². The first kappa shape index (κ1) is 20.7. The van der Waals surface area contributed by atoms with Gasteiger partial charge in [0, 0.05) is 24.1 Å². The first-order valence-electron chi connectivity index (χ1n) is 10.3. The lowest BCUT2D eigenvalue weighted by Crippen LogP contribution is -2.28. The molecule has 0 atom stereocenters. The minimum absolute atomic E-state index is 0.229. The number of allylic oxidation sites excluding steroid dienone is 4. The van der Waals surface area contributed by atoms with Crippen LogP contribution in [0.5, 0.6) is 0 Å². The first-order chi connectivity index (χ1) is 15.6. The second kappa shape index (κ2) is 8.77. The van der Waals surface area contributed by atoms with E-state index in [0.29, 0.717) is 0 Å². The second-order valence-electron chi connectivity index (χ2n) is 7.56. The maximum Gasteiger partial charge on any atom is 0.262 e. The molecule has 1 aromatic heterocycles. The van der Waals surface area contributed by atoms with Gasteiger partial charge < -0.3 is 4.90 Å². The Labute approximate surface area is 195 Å². The minimum Gasteiger partial charge on any atom is -0.338 e. The lowest BCUT2D eigenvalue weighted by atomic mass is 10.0. The van der Waals surface area contributed by atoms with Gasteiger partial charge in [-0.2, -0.15) is 4.57 Å². The average Bonchev–Trinajstić information content (AvgIpc) is 3.31. The number of thiazole rings is 1. The molecule has 0 bridgehead atoms. The highest BCUT2D eigenvalue weighted by Gasteiger charge is 2.20. The number of rotatable bonds is 4. The number of benzene rings is 3. The SMILES string of the molecule is CN1/C(=C/C=C(/C=C/c2sc3ccccc3[n+]2C)c2ccc(F)cc2)Sc2ccccc21. The van der Waals surface area contributed by atoms with Gasteiger partial charge >= 0.3 is 0 Å². The van der Waals surface area contributed by atoms with Crippen LogP contribution in [0.1, 0.15) is 10.6 Å². The van der Waals surface area contributed by atoms with Crippen molar-refractivity contribution in [3.05, 3.63) is 112 Å². The molecule has 0 fully saturated rings. The van der Waals surface area contributed by atoms with Gasteiger partial charge in [0.1, 0.15) is 17.6 Å². The topological polar surface area (TPSA) is 7.12 Å². The third kappa shape index (κ3) is 4.01. The van der Waals surface area contributed by atoms with Gasteiger partial charge in [0.15, 0.2) is 0 Å². The molecular weight excluding hydrogens is 435 g/mol. The van der Waals surface area contributed by atoms with Crippen molar-refractivity contribution in [1.82, 2.24) is 0 Å². The molecule has 5 heteroatoms. The van der Waals surface area contributed by atoms with Gasteiger partial charge in [-0.1, -0.05) is 65.6 Å². The highest BCUT2D eigenvalue weighted by molar-refractivity contribution is 8.03. The molecule has 0 saturated carbocycles. The number of para-hydroxylation sites is 2. The number of halogens is 1. The monoisotopic (exact) mass is 457 g/mol. The molecule has 4 aromatic rings. The van der Waals surface area contributed by atoms with Crippen LogP contribution in [0.3, 0.4) is 0 Å². The van der Waals surface area contributed by atoms with Crippen molar-refractivity contribution < 1.29 is 8.96 Å². The largest absolute Gasteiger partial charge is 0.338 e. The van der Waals surface area contributed by atoms with Gasteiger partial charge in [-0.25, -0.2) is 4.39 Å². The predicted octanol–water partition coefficient (Wildman–Crippen LogP) is 7.05. The molecule has 0 saturated heterocycles. The molecule has 2 nitrogen and oxygen atoms in total. The highest BCUT2D eigenvalue weighted by atomic mass is 32.2. The van der Waals surface area contributed by atoms with Gasteiger partial charge in [-0.05, 0) is 53.6 Å². The summed E-state index contributed by atoms with van der Waals surface area (Å²) in [5, 5.41) is 2.32. The van der Waals surface area contributed by atoms with E-state index in [9.17, 15) is 4.39 Å². The van der Waals surface area contributed by atoms with Crippen molar-refractivity contribution >= 4 is 50.7 Å². The van der Waals surface area contributed by atoms with Crippen molar-refractivity contribution in [2.45, 2.75) is 4.90 Å². The summed E-state index contributed by atoms with van der Waals surface area (Å²) in [6.45, 7) is 0. The fourth-order valence-electron chi connectivity index (χ4n) is 3.74. The quantitative estimate of drug-likeness (QED) is 0.240. The van der Waals surface area contributed by atoms with E-state index in [0.717, 1.165) is 21.2 Å². The van der Waals surface area contributed by atoms with E-state index in [2.05, 4.69) is 96.4 Å². The lowest BCUT2D eigenvalue weighted by Gasteiger charge is -2.12. The molecule has 1 aliphatic heterocycles. The van der Waals surface area contributed by atoms with Gasteiger partial charge in [0.25, 0.3) is 5.01 Å². The average molecular weight is 458 g/mol. The summed E-state index contributed by atoms with van der Waals surface area (Å²) in [5.41, 5.74) is 4.44. The second-order valence-corrected chi connectivity index (χ2v) is 9.69. The zero-order valence-corrected chi connectivity index (χ0v) is 19.5. The Morgan fingerprint density at radius 1 is 0.969 bits per heavy atom. The molecule has 0 aliphatic carbocycles. The van der Waals surface area contributed by atoms with Crippen molar-refractivity contribution in [3.8, 4) is 0 Å². The van der Waals surface area contributed by atoms with Gasteiger partial charge in [-0.15, -0.1) is 0 Å². The number of hydrogen-bond acceptors (Lipinski definition) is 3.